The summed E-state index contributed by atoms with van der Waals surface area (Å²) in [6, 6.07) is 22.5. The molecule has 0 radical (unpaired) electrons. The van der Waals surface area contributed by atoms with Crippen molar-refractivity contribution < 1.29 is 0 Å². The maximum atomic E-state index is 5.70. The predicted molar refractivity (Wildman–Crippen MR) is 89.9 cm³/mol. The van der Waals surface area contributed by atoms with Crippen molar-refractivity contribution >= 4 is 38.9 Å². The highest BCUT2D eigenvalue weighted by molar-refractivity contribution is 6.08. The number of hydrogen-bond donors (Lipinski definition) is 3. The van der Waals surface area contributed by atoms with Crippen LogP contribution in [0.1, 0.15) is 0 Å². The number of fused-ring (bicyclic) bond motifs is 3. The highest BCUT2D eigenvalue weighted by Crippen LogP contribution is 2.28. The fourth-order valence-electron chi connectivity index (χ4n) is 2.67. The normalized spacial score (nSPS) is 11.0. The van der Waals surface area contributed by atoms with Gasteiger partial charge >= 0.3 is 0 Å². The Labute approximate surface area is 122 Å². The van der Waals surface area contributed by atoms with Gasteiger partial charge in [0.15, 0.2) is 0 Å². The average Bonchev–Trinajstić information content (AvgIpc) is 2.87. The van der Waals surface area contributed by atoms with E-state index in [4.69, 9.17) is 5.73 Å². The highest BCUT2D eigenvalue weighted by atomic mass is 14.9. The van der Waals surface area contributed by atoms with Gasteiger partial charge in [-0.25, -0.2) is 0 Å². The molecule has 3 aromatic carbocycles. The molecule has 21 heavy (non-hydrogen) atoms. The molecule has 102 valence electrons. The minimum atomic E-state index is 0.770. The summed E-state index contributed by atoms with van der Waals surface area (Å²) in [6.07, 6.45) is 0. The van der Waals surface area contributed by atoms with Crippen LogP contribution in [0.5, 0.6) is 0 Å². The Bertz CT molecular complexity index is 920. The molecule has 0 unspecified atom stereocenters. The summed E-state index contributed by atoms with van der Waals surface area (Å²) in [5.41, 5.74) is 10.9. The van der Waals surface area contributed by atoms with Crippen molar-refractivity contribution in [2.24, 2.45) is 0 Å². The molecule has 0 saturated carbocycles. The van der Waals surface area contributed by atoms with Gasteiger partial charge in [-0.3, -0.25) is 0 Å². The van der Waals surface area contributed by atoms with Crippen LogP contribution in [0.15, 0.2) is 66.7 Å². The summed E-state index contributed by atoms with van der Waals surface area (Å²) in [4.78, 5) is 3.45. The van der Waals surface area contributed by atoms with E-state index in [-0.39, 0.29) is 0 Å². The molecule has 0 atom stereocenters. The van der Waals surface area contributed by atoms with Crippen molar-refractivity contribution in [3.8, 4) is 0 Å². The number of hydrogen-bond acceptors (Lipinski definition) is 2. The van der Waals surface area contributed by atoms with Gasteiger partial charge in [-0.2, -0.15) is 0 Å². The number of nitrogen functional groups attached to an aromatic ring is 1. The third-order valence-electron chi connectivity index (χ3n) is 3.71. The summed E-state index contributed by atoms with van der Waals surface area (Å²) >= 11 is 0. The van der Waals surface area contributed by atoms with E-state index >= 15 is 0 Å². The first kappa shape index (κ1) is 11.9. The fraction of sp³-hybridized carbons (Fsp3) is 0. The lowest BCUT2D eigenvalue weighted by atomic mass is 10.1. The van der Waals surface area contributed by atoms with E-state index in [1.54, 1.807) is 0 Å². The number of anilines is 3. The molecule has 0 aliphatic heterocycles. The van der Waals surface area contributed by atoms with Crippen molar-refractivity contribution in [2.45, 2.75) is 0 Å². The number of aromatic amines is 1. The molecule has 0 spiro atoms. The van der Waals surface area contributed by atoms with Gasteiger partial charge in [0, 0.05) is 38.9 Å². The summed E-state index contributed by atoms with van der Waals surface area (Å²) in [6.45, 7) is 0. The molecule has 0 aliphatic rings. The van der Waals surface area contributed by atoms with Crippen molar-refractivity contribution in [3.05, 3.63) is 66.7 Å². The predicted octanol–water partition coefficient (Wildman–Crippen LogP) is 4.65. The Kier molecular flexibility index (Phi) is 2.57. The standard InChI is InChI=1S/C18H15N3/c19-12-5-7-13(8-6-12)20-14-9-10-16-15-3-1-2-4-17(15)21-18(16)11-14/h1-11,20-21H,19H2. The van der Waals surface area contributed by atoms with Gasteiger partial charge in [0.2, 0.25) is 0 Å². The molecule has 0 aliphatic carbocycles. The number of nitrogens with two attached hydrogens (primary N) is 1. The summed E-state index contributed by atoms with van der Waals surface area (Å²) in [5.74, 6) is 0. The van der Waals surface area contributed by atoms with Gasteiger partial charge in [0.1, 0.15) is 0 Å². The largest absolute Gasteiger partial charge is 0.399 e. The Morgan fingerprint density at radius 2 is 1.43 bits per heavy atom. The van der Waals surface area contributed by atoms with Crippen molar-refractivity contribution in [1.82, 2.24) is 4.98 Å². The molecule has 4 aromatic rings. The van der Waals surface area contributed by atoms with E-state index < -0.39 is 0 Å². The molecular formula is C18H15N3. The quantitative estimate of drug-likeness (QED) is 0.466. The van der Waals surface area contributed by atoms with Crippen LogP contribution in [0.25, 0.3) is 21.8 Å². The molecule has 3 nitrogen and oxygen atoms in total. The van der Waals surface area contributed by atoms with E-state index in [2.05, 4.69) is 46.7 Å². The van der Waals surface area contributed by atoms with Crippen LogP contribution >= 0.6 is 0 Å². The molecule has 4 N–H and O–H groups in total. The van der Waals surface area contributed by atoms with Crippen LogP contribution in [0.4, 0.5) is 17.1 Å². The Morgan fingerprint density at radius 3 is 2.29 bits per heavy atom. The zero-order valence-corrected chi connectivity index (χ0v) is 11.4. The van der Waals surface area contributed by atoms with Crippen LogP contribution < -0.4 is 11.1 Å². The lowest BCUT2D eigenvalue weighted by molar-refractivity contribution is 1.52. The van der Waals surface area contributed by atoms with E-state index in [0.29, 0.717) is 0 Å². The van der Waals surface area contributed by atoms with E-state index in [1.165, 1.54) is 10.8 Å². The molecular weight excluding hydrogens is 258 g/mol. The average molecular weight is 273 g/mol. The third kappa shape index (κ3) is 2.09. The van der Waals surface area contributed by atoms with Crippen LogP contribution in [0, 0.1) is 0 Å². The first-order valence-electron chi connectivity index (χ1n) is 6.93. The van der Waals surface area contributed by atoms with Crippen LogP contribution in [0.3, 0.4) is 0 Å². The second kappa shape index (κ2) is 4.56. The second-order valence-corrected chi connectivity index (χ2v) is 5.18. The first-order chi connectivity index (χ1) is 10.3. The zero-order chi connectivity index (χ0) is 14.2. The number of rotatable bonds is 2. The van der Waals surface area contributed by atoms with Gasteiger partial charge in [-0.15, -0.1) is 0 Å². The van der Waals surface area contributed by atoms with E-state index in [0.717, 1.165) is 28.1 Å². The number of aromatic nitrogens is 1. The fourth-order valence-corrected chi connectivity index (χ4v) is 2.67. The van der Waals surface area contributed by atoms with Gasteiger partial charge in [-0.1, -0.05) is 24.3 Å². The SMILES string of the molecule is Nc1ccc(Nc2ccc3c(c2)[nH]c2ccccc23)cc1. The lowest BCUT2D eigenvalue weighted by Gasteiger charge is -2.06. The topological polar surface area (TPSA) is 53.8 Å². The maximum absolute atomic E-state index is 5.70. The number of para-hydroxylation sites is 1. The Balaban J connectivity index is 1.76. The molecule has 0 amide bonds. The second-order valence-electron chi connectivity index (χ2n) is 5.18. The highest BCUT2D eigenvalue weighted by Gasteiger charge is 2.04. The number of benzene rings is 3. The number of nitrogens with one attached hydrogen (secondary N) is 2. The molecule has 1 heterocycles. The monoisotopic (exact) mass is 273 g/mol. The molecule has 3 heteroatoms. The van der Waals surface area contributed by atoms with Crippen LogP contribution in [0.2, 0.25) is 0 Å². The smallest absolute Gasteiger partial charge is 0.0485 e. The Hall–Kier alpha value is -2.94. The molecule has 0 fully saturated rings. The Morgan fingerprint density at radius 1 is 0.714 bits per heavy atom. The van der Waals surface area contributed by atoms with Gasteiger partial charge in [-0.05, 0) is 42.5 Å². The minimum absolute atomic E-state index is 0.770. The van der Waals surface area contributed by atoms with Crippen LogP contribution in [-0.4, -0.2) is 4.98 Å². The zero-order valence-electron chi connectivity index (χ0n) is 11.4. The molecule has 0 saturated heterocycles. The van der Waals surface area contributed by atoms with Crippen LogP contribution in [-0.2, 0) is 0 Å². The van der Waals surface area contributed by atoms with E-state index in [1.807, 2.05) is 30.3 Å². The number of H-pyrrole nitrogens is 1. The maximum Gasteiger partial charge on any atom is 0.0485 e. The van der Waals surface area contributed by atoms with Gasteiger partial charge in [0.25, 0.3) is 0 Å². The summed E-state index contributed by atoms with van der Waals surface area (Å²) < 4.78 is 0. The summed E-state index contributed by atoms with van der Waals surface area (Å²) in [5, 5.41) is 5.89. The third-order valence-corrected chi connectivity index (χ3v) is 3.71. The van der Waals surface area contributed by atoms with Gasteiger partial charge in [0.05, 0.1) is 0 Å². The summed E-state index contributed by atoms with van der Waals surface area (Å²) in [7, 11) is 0. The van der Waals surface area contributed by atoms with Crippen molar-refractivity contribution in [1.29, 1.82) is 0 Å². The first-order valence-corrected chi connectivity index (χ1v) is 6.93. The molecule has 0 bridgehead atoms. The van der Waals surface area contributed by atoms with Crippen molar-refractivity contribution in [3.63, 3.8) is 0 Å². The molecule has 1 aromatic heterocycles. The van der Waals surface area contributed by atoms with Gasteiger partial charge < -0.3 is 16.0 Å². The molecule has 4 rings (SSSR count). The van der Waals surface area contributed by atoms with Crippen molar-refractivity contribution in [2.75, 3.05) is 11.1 Å². The lowest BCUT2D eigenvalue weighted by Crippen LogP contribution is -1.91. The minimum Gasteiger partial charge on any atom is -0.399 e. The van der Waals surface area contributed by atoms with E-state index in [9.17, 15) is 0 Å².